The summed E-state index contributed by atoms with van der Waals surface area (Å²) >= 11 is 1.11. The lowest BCUT2D eigenvalue weighted by molar-refractivity contribution is -0.387. The van der Waals surface area contributed by atoms with Crippen LogP contribution in [0.5, 0.6) is 17.2 Å². The Kier molecular flexibility index (Phi) is 3.57. The summed E-state index contributed by atoms with van der Waals surface area (Å²) in [6.07, 6.45) is 0. The highest BCUT2D eigenvalue weighted by molar-refractivity contribution is 7.99. The molecule has 1 heterocycles. The van der Waals surface area contributed by atoms with Gasteiger partial charge in [-0.05, 0) is 12.1 Å². The zero-order chi connectivity index (χ0) is 14.8. The largest absolute Gasteiger partial charge is 0.507 e. The van der Waals surface area contributed by atoms with E-state index in [4.69, 9.17) is 9.47 Å². The molecule has 0 spiro atoms. The van der Waals surface area contributed by atoms with Crippen molar-refractivity contribution in [3.63, 3.8) is 0 Å². The number of para-hydroxylation sites is 1. The Balaban J connectivity index is 2.04. The summed E-state index contributed by atoms with van der Waals surface area (Å²) in [5.74, 6) is 0.922. The molecule has 0 saturated carbocycles. The molecule has 0 saturated heterocycles. The second-order valence-electron chi connectivity index (χ2n) is 4.29. The number of benzene rings is 2. The van der Waals surface area contributed by atoms with Gasteiger partial charge in [-0.25, -0.2) is 0 Å². The van der Waals surface area contributed by atoms with Gasteiger partial charge in [0.25, 0.3) is 5.69 Å². The number of ether oxygens (including phenoxy) is 2. The molecule has 108 valence electrons. The molecule has 21 heavy (non-hydrogen) atoms. The van der Waals surface area contributed by atoms with Gasteiger partial charge >= 0.3 is 0 Å². The summed E-state index contributed by atoms with van der Waals surface area (Å²) in [7, 11) is 0. The normalized spacial score (nSPS) is 13.0. The molecule has 6 nitrogen and oxygen atoms in total. The summed E-state index contributed by atoms with van der Waals surface area (Å²) in [6.45, 7) is 0.779. The predicted octanol–water partition coefficient (Wildman–Crippen LogP) is 3.22. The van der Waals surface area contributed by atoms with Crippen molar-refractivity contribution >= 4 is 17.4 Å². The molecule has 1 aliphatic rings. The summed E-state index contributed by atoms with van der Waals surface area (Å²) in [6, 6.07) is 9.61. The predicted molar refractivity (Wildman–Crippen MR) is 76.3 cm³/mol. The number of nitro benzene ring substituents is 1. The van der Waals surface area contributed by atoms with Crippen LogP contribution in [-0.4, -0.2) is 23.2 Å². The fourth-order valence-electron chi connectivity index (χ4n) is 1.95. The van der Waals surface area contributed by atoms with Gasteiger partial charge < -0.3 is 14.6 Å². The lowest BCUT2D eigenvalue weighted by atomic mass is 10.2. The molecule has 0 fully saturated rings. The van der Waals surface area contributed by atoms with E-state index in [9.17, 15) is 15.2 Å². The molecule has 2 aromatic rings. The van der Waals surface area contributed by atoms with Gasteiger partial charge in [-0.1, -0.05) is 23.9 Å². The number of fused-ring (bicyclic) bond motifs is 1. The van der Waals surface area contributed by atoms with Gasteiger partial charge in [0.15, 0.2) is 11.5 Å². The molecular weight excluding hydrogens is 294 g/mol. The Labute approximate surface area is 124 Å². The molecule has 3 rings (SSSR count). The first kappa shape index (κ1) is 13.6. The second-order valence-corrected chi connectivity index (χ2v) is 5.37. The van der Waals surface area contributed by atoms with Crippen LogP contribution in [0.15, 0.2) is 46.2 Å². The Bertz CT molecular complexity index is 704. The smallest absolute Gasteiger partial charge is 0.287 e. The number of phenols is 1. The van der Waals surface area contributed by atoms with Crippen molar-refractivity contribution in [2.24, 2.45) is 0 Å². The lowest BCUT2D eigenvalue weighted by Crippen LogP contribution is -2.15. The highest BCUT2D eigenvalue weighted by atomic mass is 32.2. The SMILES string of the molecule is O=[N+]([O-])c1cc2c(cc1Sc1ccccc1O)OCCO2. The van der Waals surface area contributed by atoms with Crippen LogP contribution in [-0.2, 0) is 0 Å². The van der Waals surface area contributed by atoms with Crippen molar-refractivity contribution in [3.8, 4) is 17.2 Å². The number of nitrogens with zero attached hydrogens (tertiary/aromatic N) is 1. The molecule has 0 atom stereocenters. The minimum absolute atomic E-state index is 0.0756. The maximum Gasteiger partial charge on any atom is 0.287 e. The average molecular weight is 305 g/mol. The van der Waals surface area contributed by atoms with E-state index in [1.807, 2.05) is 0 Å². The van der Waals surface area contributed by atoms with E-state index in [0.717, 1.165) is 11.8 Å². The van der Waals surface area contributed by atoms with Gasteiger partial charge in [0.2, 0.25) is 0 Å². The van der Waals surface area contributed by atoms with Crippen molar-refractivity contribution in [2.75, 3.05) is 13.2 Å². The first-order valence-corrected chi connectivity index (χ1v) is 7.00. The Hall–Kier alpha value is -2.41. The van der Waals surface area contributed by atoms with Gasteiger partial charge in [-0.3, -0.25) is 10.1 Å². The number of phenolic OH excluding ortho intramolecular Hbond substituents is 1. The van der Waals surface area contributed by atoms with Crippen LogP contribution in [0.4, 0.5) is 5.69 Å². The summed E-state index contributed by atoms with van der Waals surface area (Å²) in [5, 5.41) is 21.0. The van der Waals surface area contributed by atoms with Gasteiger partial charge in [0, 0.05) is 6.07 Å². The van der Waals surface area contributed by atoms with E-state index >= 15 is 0 Å². The van der Waals surface area contributed by atoms with Crippen LogP contribution in [0.1, 0.15) is 0 Å². The zero-order valence-corrected chi connectivity index (χ0v) is 11.6. The van der Waals surface area contributed by atoms with Gasteiger partial charge in [-0.2, -0.15) is 0 Å². The third-order valence-electron chi connectivity index (χ3n) is 2.91. The van der Waals surface area contributed by atoms with Crippen LogP contribution < -0.4 is 9.47 Å². The van der Waals surface area contributed by atoms with Gasteiger partial charge in [-0.15, -0.1) is 0 Å². The maximum absolute atomic E-state index is 11.2. The van der Waals surface area contributed by atoms with E-state index in [1.54, 1.807) is 24.3 Å². The van der Waals surface area contributed by atoms with Crippen molar-refractivity contribution < 1.29 is 19.5 Å². The minimum atomic E-state index is -0.472. The molecule has 0 amide bonds. The molecule has 1 aliphatic heterocycles. The first-order chi connectivity index (χ1) is 10.1. The Morgan fingerprint density at radius 3 is 2.43 bits per heavy atom. The van der Waals surface area contributed by atoms with Crippen molar-refractivity contribution in [2.45, 2.75) is 9.79 Å². The molecule has 0 unspecified atom stereocenters. The van der Waals surface area contributed by atoms with Gasteiger partial charge in [0.1, 0.15) is 19.0 Å². The Morgan fingerprint density at radius 2 is 1.76 bits per heavy atom. The molecule has 0 aromatic heterocycles. The third-order valence-corrected chi connectivity index (χ3v) is 4.02. The monoisotopic (exact) mass is 305 g/mol. The van der Waals surface area contributed by atoms with Crippen molar-refractivity contribution in [1.82, 2.24) is 0 Å². The van der Waals surface area contributed by atoms with E-state index in [0.29, 0.717) is 34.5 Å². The van der Waals surface area contributed by atoms with E-state index < -0.39 is 4.92 Å². The lowest BCUT2D eigenvalue weighted by Gasteiger charge is -2.18. The maximum atomic E-state index is 11.2. The van der Waals surface area contributed by atoms with Crippen molar-refractivity contribution in [3.05, 3.63) is 46.5 Å². The first-order valence-electron chi connectivity index (χ1n) is 6.19. The summed E-state index contributed by atoms with van der Waals surface area (Å²) in [5.41, 5.74) is -0.0764. The number of hydrogen-bond donors (Lipinski definition) is 1. The third kappa shape index (κ3) is 2.73. The number of nitro groups is 1. The summed E-state index contributed by atoms with van der Waals surface area (Å²) < 4.78 is 10.8. The average Bonchev–Trinajstić information content (AvgIpc) is 2.48. The molecule has 0 aliphatic carbocycles. The molecule has 0 radical (unpaired) electrons. The number of aromatic hydroxyl groups is 1. The second kappa shape index (κ2) is 5.53. The summed E-state index contributed by atoms with van der Waals surface area (Å²) in [4.78, 5) is 11.7. The molecular formula is C14H11NO5S. The van der Waals surface area contributed by atoms with Crippen LogP contribution in [0, 0.1) is 10.1 Å². The standard InChI is InChI=1S/C14H11NO5S/c16-10-3-1-2-4-13(10)21-14-8-12-11(19-5-6-20-12)7-9(14)15(17)18/h1-4,7-8,16H,5-6H2. The van der Waals surface area contributed by atoms with Crippen molar-refractivity contribution in [1.29, 1.82) is 0 Å². The highest BCUT2D eigenvalue weighted by Gasteiger charge is 2.23. The fourth-order valence-corrected chi connectivity index (χ4v) is 2.91. The minimum Gasteiger partial charge on any atom is -0.507 e. The topological polar surface area (TPSA) is 81.8 Å². The van der Waals surface area contributed by atoms with Gasteiger partial charge in [0.05, 0.1) is 20.8 Å². The highest BCUT2D eigenvalue weighted by Crippen LogP contribution is 2.44. The van der Waals surface area contributed by atoms with Crippen LogP contribution in [0.25, 0.3) is 0 Å². The molecule has 0 bridgehead atoms. The van der Waals surface area contributed by atoms with Crippen LogP contribution in [0.3, 0.4) is 0 Å². The zero-order valence-electron chi connectivity index (χ0n) is 10.8. The van der Waals surface area contributed by atoms with E-state index in [1.165, 1.54) is 12.1 Å². The van der Waals surface area contributed by atoms with E-state index in [-0.39, 0.29) is 11.4 Å². The molecule has 2 aromatic carbocycles. The molecule has 7 heteroatoms. The number of rotatable bonds is 3. The molecule has 1 N–H and O–H groups in total. The van der Waals surface area contributed by atoms with Crippen LogP contribution >= 0.6 is 11.8 Å². The quantitative estimate of drug-likeness (QED) is 0.692. The van der Waals surface area contributed by atoms with Crippen LogP contribution in [0.2, 0.25) is 0 Å². The van der Waals surface area contributed by atoms with E-state index in [2.05, 4.69) is 0 Å². The Morgan fingerprint density at radius 1 is 1.10 bits per heavy atom. The fraction of sp³-hybridized carbons (Fsp3) is 0.143. The number of hydrogen-bond acceptors (Lipinski definition) is 6.